The van der Waals surface area contributed by atoms with Gasteiger partial charge < -0.3 is 10.2 Å². The van der Waals surface area contributed by atoms with Gasteiger partial charge in [-0.3, -0.25) is 5.73 Å². The average molecular weight is 257 g/mol. The van der Waals surface area contributed by atoms with Crippen LogP contribution in [-0.2, 0) is 21.1 Å². The van der Waals surface area contributed by atoms with Gasteiger partial charge in [-0.25, -0.2) is 13.2 Å². The third-order valence-electron chi connectivity index (χ3n) is 3.01. The number of carbonyl (C=O) groups is 1. The molecular formula is C10H11NO5S. The monoisotopic (exact) mass is 257 g/mol. The number of aliphatic hydroxyl groups is 1. The number of nitrogens with two attached hydrogens (primary N) is 1. The number of carboxylic acid groups (broad SMARTS) is 1. The van der Waals surface area contributed by atoms with E-state index >= 15 is 0 Å². The number of rotatable bonds is 3. The summed E-state index contributed by atoms with van der Waals surface area (Å²) < 4.78 is 23.1. The zero-order valence-electron chi connectivity index (χ0n) is 8.70. The van der Waals surface area contributed by atoms with E-state index in [1.54, 1.807) is 30.3 Å². The smallest absolute Gasteiger partial charge is 0.344 e. The fourth-order valence-electron chi connectivity index (χ4n) is 1.84. The molecule has 0 bridgehead atoms. The molecule has 17 heavy (non-hydrogen) atoms. The topological polar surface area (TPSA) is 118 Å². The molecule has 1 aliphatic rings. The van der Waals surface area contributed by atoms with Crippen LogP contribution in [0.4, 0.5) is 0 Å². The van der Waals surface area contributed by atoms with E-state index in [4.69, 9.17) is 10.8 Å². The molecule has 2 unspecified atom stereocenters. The van der Waals surface area contributed by atoms with Gasteiger partial charge >= 0.3 is 5.97 Å². The van der Waals surface area contributed by atoms with E-state index in [0.717, 1.165) is 0 Å². The van der Waals surface area contributed by atoms with E-state index in [1.807, 2.05) is 0 Å². The van der Waals surface area contributed by atoms with Crippen LogP contribution in [0.3, 0.4) is 0 Å². The van der Waals surface area contributed by atoms with E-state index in [9.17, 15) is 18.3 Å². The number of hydrogen-bond acceptors (Lipinski definition) is 5. The maximum atomic E-state index is 11.5. The zero-order chi connectivity index (χ0) is 12.9. The number of benzene rings is 1. The Balaban J connectivity index is 2.38. The average Bonchev–Trinajstić information content (AvgIpc) is 2.60. The molecule has 0 aliphatic carbocycles. The molecule has 2 rings (SSSR count). The molecule has 1 aliphatic heterocycles. The Morgan fingerprint density at radius 2 is 1.82 bits per heavy atom. The predicted octanol–water partition coefficient (Wildman–Crippen LogP) is -0.914. The van der Waals surface area contributed by atoms with E-state index in [0.29, 0.717) is 5.56 Å². The second kappa shape index (κ2) is 3.28. The van der Waals surface area contributed by atoms with Gasteiger partial charge in [0.2, 0.25) is 14.8 Å². The van der Waals surface area contributed by atoms with Crippen molar-refractivity contribution in [1.82, 2.24) is 0 Å². The lowest BCUT2D eigenvalue weighted by Crippen LogP contribution is -2.43. The normalized spacial score (nSPS) is 34.2. The Hall–Kier alpha value is -1.44. The lowest BCUT2D eigenvalue weighted by molar-refractivity contribution is -0.141. The van der Waals surface area contributed by atoms with Crippen LogP contribution in [-0.4, -0.2) is 34.4 Å². The molecule has 0 spiro atoms. The minimum Gasteiger partial charge on any atom is -0.479 e. The summed E-state index contributed by atoms with van der Waals surface area (Å²) in [6.07, 6.45) is -0.334. The molecule has 0 aromatic heterocycles. The lowest BCUT2D eigenvalue weighted by atomic mass is 10.0. The minimum atomic E-state index is -4.26. The van der Waals surface area contributed by atoms with Crippen molar-refractivity contribution >= 4 is 15.8 Å². The number of sulfone groups is 1. The summed E-state index contributed by atoms with van der Waals surface area (Å²) in [6, 6.07) is 8.23. The maximum absolute atomic E-state index is 11.5. The van der Waals surface area contributed by atoms with Gasteiger partial charge in [0.05, 0.1) is 0 Å². The van der Waals surface area contributed by atoms with Crippen LogP contribution in [0.5, 0.6) is 0 Å². The molecular weight excluding hydrogens is 246 g/mol. The fraction of sp³-hybridized carbons (Fsp3) is 0.300. The molecule has 1 saturated heterocycles. The molecule has 92 valence electrons. The first-order chi connectivity index (χ1) is 7.77. The van der Waals surface area contributed by atoms with Crippen LogP contribution in [0.2, 0.25) is 0 Å². The largest absolute Gasteiger partial charge is 0.479 e. The molecule has 1 fully saturated rings. The highest BCUT2D eigenvalue weighted by Gasteiger charge is 2.87. The van der Waals surface area contributed by atoms with Gasteiger partial charge in [-0.1, -0.05) is 30.3 Å². The number of aliphatic carboxylic acids is 1. The highest BCUT2D eigenvalue weighted by atomic mass is 32.2. The van der Waals surface area contributed by atoms with Gasteiger partial charge in [-0.05, 0) is 5.56 Å². The van der Waals surface area contributed by atoms with Crippen LogP contribution in [0.15, 0.2) is 30.3 Å². The van der Waals surface area contributed by atoms with Crippen LogP contribution >= 0.6 is 0 Å². The van der Waals surface area contributed by atoms with Crippen molar-refractivity contribution < 1.29 is 23.4 Å². The molecule has 0 saturated carbocycles. The van der Waals surface area contributed by atoms with Crippen molar-refractivity contribution in [3.05, 3.63) is 35.9 Å². The summed E-state index contributed by atoms with van der Waals surface area (Å²) in [5, 5.41) is 18.7. The molecule has 1 heterocycles. The Bertz CT molecular complexity index is 570. The lowest BCUT2D eigenvalue weighted by Gasteiger charge is -2.08. The van der Waals surface area contributed by atoms with Gasteiger partial charge in [0, 0.05) is 6.42 Å². The third-order valence-corrected chi connectivity index (χ3v) is 5.52. The van der Waals surface area contributed by atoms with Gasteiger partial charge in [0.1, 0.15) is 0 Å². The van der Waals surface area contributed by atoms with Crippen molar-refractivity contribution in [3.8, 4) is 0 Å². The second-order valence-electron chi connectivity index (χ2n) is 3.99. The summed E-state index contributed by atoms with van der Waals surface area (Å²) in [4.78, 5) is 5.82. The molecule has 1 aromatic carbocycles. The summed E-state index contributed by atoms with van der Waals surface area (Å²) in [6.45, 7) is 0. The first-order valence-corrected chi connectivity index (χ1v) is 6.28. The van der Waals surface area contributed by atoms with Gasteiger partial charge in [0.25, 0.3) is 4.87 Å². The summed E-state index contributed by atoms with van der Waals surface area (Å²) in [5.74, 6) is -1.74. The molecule has 4 N–H and O–H groups in total. The highest BCUT2D eigenvalue weighted by molar-refractivity contribution is 8.02. The summed E-state index contributed by atoms with van der Waals surface area (Å²) in [5.41, 5.74) is 5.76. The first-order valence-electron chi connectivity index (χ1n) is 4.80. The van der Waals surface area contributed by atoms with Crippen LogP contribution < -0.4 is 5.73 Å². The molecule has 7 heteroatoms. The van der Waals surface area contributed by atoms with Gasteiger partial charge in [-0.2, -0.15) is 0 Å². The summed E-state index contributed by atoms with van der Waals surface area (Å²) in [7, 11) is -4.26. The molecule has 2 atom stereocenters. The van der Waals surface area contributed by atoms with Crippen molar-refractivity contribution in [2.24, 2.45) is 5.73 Å². The molecule has 0 radical (unpaired) electrons. The molecule has 1 aromatic rings. The highest BCUT2D eigenvalue weighted by Crippen LogP contribution is 2.52. The maximum Gasteiger partial charge on any atom is 0.344 e. The van der Waals surface area contributed by atoms with Crippen molar-refractivity contribution in [2.45, 2.75) is 16.2 Å². The van der Waals surface area contributed by atoms with Gasteiger partial charge in [0.15, 0.2) is 0 Å². The Morgan fingerprint density at radius 3 is 2.24 bits per heavy atom. The Morgan fingerprint density at radius 1 is 1.29 bits per heavy atom. The minimum absolute atomic E-state index is 0.334. The molecule has 6 nitrogen and oxygen atoms in total. The van der Waals surface area contributed by atoms with Crippen LogP contribution in [0.25, 0.3) is 0 Å². The van der Waals surface area contributed by atoms with E-state index in [1.165, 1.54) is 0 Å². The molecule has 0 amide bonds. The fourth-order valence-corrected chi connectivity index (χ4v) is 3.71. The third kappa shape index (κ3) is 1.27. The Kier molecular flexibility index (Phi) is 2.32. The van der Waals surface area contributed by atoms with E-state index in [2.05, 4.69) is 0 Å². The first kappa shape index (κ1) is 12.0. The van der Waals surface area contributed by atoms with Crippen molar-refractivity contribution in [1.29, 1.82) is 0 Å². The Labute approximate surface area is 97.6 Å². The number of carboxylic acids is 1. The quantitative estimate of drug-likeness (QED) is 0.603. The van der Waals surface area contributed by atoms with Gasteiger partial charge in [-0.15, -0.1) is 0 Å². The van der Waals surface area contributed by atoms with Crippen LogP contribution in [0.1, 0.15) is 5.56 Å². The second-order valence-corrected chi connectivity index (χ2v) is 6.32. The standard InChI is InChI=1S/C10H11NO5S/c11-10(8(12)13)9(14,17(10,15)16)6-7-4-2-1-3-5-7/h1-5,14H,6,11H2,(H,12,13). The predicted molar refractivity (Wildman–Crippen MR) is 58.6 cm³/mol. The van der Waals surface area contributed by atoms with E-state index < -0.39 is 25.6 Å². The SMILES string of the molecule is NC1(C(=O)O)C(O)(Cc2ccccc2)S1(=O)=O. The number of hydrogen-bond donors (Lipinski definition) is 3. The van der Waals surface area contributed by atoms with E-state index in [-0.39, 0.29) is 6.42 Å². The van der Waals surface area contributed by atoms with Crippen molar-refractivity contribution in [2.75, 3.05) is 0 Å². The summed E-state index contributed by atoms with van der Waals surface area (Å²) >= 11 is 0. The van der Waals surface area contributed by atoms with Crippen molar-refractivity contribution in [3.63, 3.8) is 0 Å². The zero-order valence-corrected chi connectivity index (χ0v) is 9.52. The van der Waals surface area contributed by atoms with Crippen LogP contribution in [0, 0.1) is 0 Å².